The average molecular weight is 705 g/mol. The van der Waals surface area contributed by atoms with E-state index in [1.165, 1.54) is 19.9 Å². The SMILES string of the molecule is CC(=O)O[C@@H]1C[C@H](O)[C@@]23CO[C@H](OC(=O)/C=C/c4ccccc4)[C@]1(C)[C@@H]2C[C@@H](O)[C@]1(C)[C@@H]3C(=O)[C@H](OC(C)=O)[C@@]2(C)[C@H](c3ccoc3)C[C@H]3O[C@]321. The Kier molecular flexibility index (Phi) is 7.61. The zero-order valence-corrected chi connectivity index (χ0v) is 29.3. The Labute approximate surface area is 295 Å². The van der Waals surface area contributed by atoms with E-state index in [1.807, 2.05) is 50.2 Å². The van der Waals surface area contributed by atoms with E-state index in [2.05, 4.69) is 0 Å². The molecule has 2 bridgehead atoms. The summed E-state index contributed by atoms with van der Waals surface area (Å²) in [5.41, 5.74) is -4.53. The first kappa shape index (κ1) is 34.3. The van der Waals surface area contributed by atoms with E-state index in [9.17, 15) is 24.6 Å². The fourth-order valence-electron chi connectivity index (χ4n) is 12.0. The second-order valence-corrected chi connectivity index (χ2v) is 16.0. The van der Waals surface area contributed by atoms with E-state index in [-0.39, 0.29) is 31.5 Å². The van der Waals surface area contributed by atoms with Gasteiger partial charge in [0.2, 0.25) is 6.29 Å². The Morgan fingerprint density at radius 1 is 0.902 bits per heavy atom. The van der Waals surface area contributed by atoms with Gasteiger partial charge in [-0.25, -0.2) is 4.79 Å². The van der Waals surface area contributed by atoms with Gasteiger partial charge in [0.25, 0.3) is 0 Å². The Morgan fingerprint density at radius 3 is 2.29 bits per heavy atom. The lowest BCUT2D eigenvalue weighted by Gasteiger charge is -2.73. The zero-order valence-electron chi connectivity index (χ0n) is 29.3. The largest absolute Gasteiger partial charge is 0.472 e. The summed E-state index contributed by atoms with van der Waals surface area (Å²) in [6.45, 7) is 7.82. The van der Waals surface area contributed by atoms with Crippen LogP contribution in [0, 0.1) is 33.5 Å². The number of aliphatic hydroxyl groups excluding tert-OH is 2. The van der Waals surface area contributed by atoms with Crippen molar-refractivity contribution in [1.29, 1.82) is 0 Å². The van der Waals surface area contributed by atoms with Crippen LogP contribution in [0.5, 0.6) is 0 Å². The molecule has 51 heavy (non-hydrogen) atoms. The summed E-state index contributed by atoms with van der Waals surface area (Å²) in [5.74, 6) is -4.55. The van der Waals surface area contributed by atoms with Crippen molar-refractivity contribution in [3.8, 4) is 0 Å². The fraction of sp³-hybridized carbons (Fsp3) is 0.590. The van der Waals surface area contributed by atoms with E-state index in [1.54, 1.807) is 25.5 Å². The minimum absolute atomic E-state index is 0.0609. The van der Waals surface area contributed by atoms with Crippen molar-refractivity contribution in [1.82, 2.24) is 0 Å². The lowest BCUT2D eigenvalue weighted by atomic mass is 9.33. The molecule has 2 N–H and O–H groups in total. The smallest absolute Gasteiger partial charge is 0.333 e. The van der Waals surface area contributed by atoms with Gasteiger partial charge in [0, 0.05) is 49.0 Å². The number of ketones is 1. The number of carbonyl (C=O) groups is 4. The van der Waals surface area contributed by atoms with Crippen molar-refractivity contribution in [2.24, 2.45) is 33.5 Å². The normalized spacial score (nSPS) is 46.3. The van der Waals surface area contributed by atoms with Gasteiger partial charge in [0.1, 0.15) is 11.7 Å². The van der Waals surface area contributed by atoms with E-state index >= 15 is 4.79 Å². The number of hydrogen-bond acceptors (Lipinski definition) is 12. The van der Waals surface area contributed by atoms with Gasteiger partial charge in [-0.1, -0.05) is 44.2 Å². The van der Waals surface area contributed by atoms with Crippen molar-refractivity contribution in [3.05, 3.63) is 66.1 Å². The second kappa shape index (κ2) is 11.3. The summed E-state index contributed by atoms with van der Waals surface area (Å²) in [6, 6.07) is 11.0. The average Bonchev–Trinajstić information content (AvgIpc) is 3.44. The van der Waals surface area contributed by atoms with Crippen molar-refractivity contribution in [2.75, 3.05) is 6.61 Å². The molecule has 2 aromatic rings. The van der Waals surface area contributed by atoms with Gasteiger partial charge in [-0.05, 0) is 49.0 Å². The molecule has 12 heteroatoms. The quantitative estimate of drug-likeness (QED) is 0.194. The molecular formula is C39H44O12. The van der Waals surface area contributed by atoms with Crippen LogP contribution in [-0.2, 0) is 42.9 Å². The molecule has 4 aliphatic carbocycles. The summed E-state index contributed by atoms with van der Waals surface area (Å²) < 4.78 is 36.4. The minimum Gasteiger partial charge on any atom is -0.472 e. The van der Waals surface area contributed by atoms with Crippen LogP contribution in [0.4, 0.5) is 0 Å². The number of esters is 3. The Hall–Kier alpha value is -3.84. The number of aliphatic hydroxyl groups is 2. The van der Waals surface area contributed by atoms with E-state index in [0.717, 1.165) is 11.1 Å². The molecule has 4 saturated carbocycles. The van der Waals surface area contributed by atoms with Crippen molar-refractivity contribution >= 4 is 29.8 Å². The number of epoxide rings is 1. The molecule has 6 aliphatic rings. The molecule has 0 unspecified atom stereocenters. The van der Waals surface area contributed by atoms with E-state index < -0.39 is 93.5 Å². The lowest BCUT2D eigenvalue weighted by Crippen LogP contribution is -2.82. The van der Waals surface area contributed by atoms with E-state index in [4.69, 9.17) is 28.1 Å². The number of furan rings is 1. The molecule has 6 fully saturated rings. The van der Waals surface area contributed by atoms with Crippen molar-refractivity contribution in [3.63, 3.8) is 0 Å². The number of benzene rings is 1. The monoisotopic (exact) mass is 704 g/mol. The molecule has 1 spiro atoms. The zero-order chi connectivity index (χ0) is 36.3. The minimum atomic E-state index is -1.36. The standard InChI is InChI=1S/C39H44O12/c1-20(40)48-28-17-27(43)38-19-47-34(50-30(44)12-11-22-9-7-6-8-10-22)35(28,3)25(38)16-26(42)37(5)32(38)31(45)33(49-21(2)41)36(4)24(23-13-14-46-18-23)15-29-39(36,37)51-29/h6-14,18,24-29,32-34,42-43H,15-17,19H2,1-5H3/b12-11+/t24-,25-,26+,27-,28+,29+,32-,33-,34+,35+,36+,37+,38+,39+/m0/s1. The number of Topliss-reactive ketones (excluding diaryl/α,β-unsaturated/α-hetero) is 1. The van der Waals surface area contributed by atoms with Crippen molar-refractivity contribution in [2.45, 2.75) is 102 Å². The van der Waals surface area contributed by atoms with Gasteiger partial charge in [0.05, 0.1) is 48.3 Å². The van der Waals surface area contributed by atoms with Crippen LogP contribution in [0.3, 0.4) is 0 Å². The predicted molar refractivity (Wildman–Crippen MR) is 176 cm³/mol. The Bertz CT molecular complexity index is 1790. The molecule has 272 valence electrons. The molecule has 1 aromatic heterocycles. The third kappa shape index (κ3) is 4.27. The molecule has 3 heterocycles. The molecule has 2 saturated heterocycles. The first-order valence-corrected chi connectivity index (χ1v) is 17.7. The third-order valence-electron chi connectivity index (χ3n) is 14.0. The van der Waals surface area contributed by atoms with Crippen LogP contribution in [0.1, 0.15) is 70.9 Å². The lowest BCUT2D eigenvalue weighted by molar-refractivity contribution is -0.374. The van der Waals surface area contributed by atoms with E-state index in [0.29, 0.717) is 6.42 Å². The highest BCUT2D eigenvalue weighted by Crippen LogP contribution is 2.83. The molecule has 1 aromatic carbocycles. The number of rotatable bonds is 6. The summed E-state index contributed by atoms with van der Waals surface area (Å²) in [5, 5.41) is 24.9. The van der Waals surface area contributed by atoms with Crippen LogP contribution in [0.15, 0.2) is 59.4 Å². The van der Waals surface area contributed by atoms with Crippen LogP contribution in [-0.4, -0.2) is 82.9 Å². The molecular weight excluding hydrogens is 660 g/mol. The first-order chi connectivity index (χ1) is 24.2. The van der Waals surface area contributed by atoms with Crippen LogP contribution in [0.25, 0.3) is 6.08 Å². The summed E-state index contributed by atoms with van der Waals surface area (Å²) >= 11 is 0. The van der Waals surface area contributed by atoms with Gasteiger partial charge in [0.15, 0.2) is 11.9 Å². The summed E-state index contributed by atoms with van der Waals surface area (Å²) in [6.07, 6.45) is 0.233. The molecule has 12 nitrogen and oxygen atoms in total. The predicted octanol–water partition coefficient (Wildman–Crippen LogP) is 3.73. The van der Waals surface area contributed by atoms with Gasteiger partial charge in [-0.3, -0.25) is 14.4 Å². The topological polar surface area (TPSA) is 171 Å². The highest BCUT2D eigenvalue weighted by atomic mass is 16.7. The Morgan fingerprint density at radius 2 is 1.63 bits per heavy atom. The Balaban J connectivity index is 1.24. The summed E-state index contributed by atoms with van der Waals surface area (Å²) in [7, 11) is 0. The first-order valence-electron chi connectivity index (χ1n) is 17.7. The highest BCUT2D eigenvalue weighted by Gasteiger charge is 2.92. The van der Waals surface area contributed by atoms with Crippen LogP contribution >= 0.6 is 0 Å². The van der Waals surface area contributed by atoms with Gasteiger partial charge in [-0.15, -0.1) is 0 Å². The fourth-order valence-corrected chi connectivity index (χ4v) is 12.0. The third-order valence-corrected chi connectivity index (χ3v) is 14.0. The van der Waals surface area contributed by atoms with Gasteiger partial charge < -0.3 is 38.3 Å². The molecule has 8 rings (SSSR count). The molecule has 14 atom stereocenters. The number of carbonyl (C=O) groups excluding carboxylic acids is 4. The van der Waals surface area contributed by atoms with Crippen LogP contribution < -0.4 is 0 Å². The molecule has 0 radical (unpaired) electrons. The number of ether oxygens (including phenoxy) is 5. The number of fused-ring (bicyclic) bond motifs is 1. The second-order valence-electron chi connectivity index (χ2n) is 16.0. The molecule has 2 aliphatic heterocycles. The highest BCUT2D eigenvalue weighted by molar-refractivity contribution is 5.93. The van der Waals surface area contributed by atoms with Gasteiger partial charge >= 0.3 is 17.9 Å². The molecule has 0 amide bonds. The number of hydrogen-bond donors (Lipinski definition) is 2. The van der Waals surface area contributed by atoms with Gasteiger partial charge in [-0.2, -0.15) is 0 Å². The maximum absolute atomic E-state index is 15.4. The van der Waals surface area contributed by atoms with Crippen LogP contribution in [0.2, 0.25) is 0 Å². The maximum Gasteiger partial charge on any atom is 0.333 e. The maximum atomic E-state index is 15.4. The summed E-state index contributed by atoms with van der Waals surface area (Å²) in [4.78, 5) is 54.0. The van der Waals surface area contributed by atoms with Crippen molar-refractivity contribution < 1.29 is 57.5 Å².